The molecule has 0 radical (unpaired) electrons. The second kappa shape index (κ2) is 6.62. The highest BCUT2D eigenvalue weighted by atomic mass is 16.4. The van der Waals surface area contributed by atoms with Crippen LogP contribution in [-0.4, -0.2) is 34.5 Å². The molecule has 17 heavy (non-hydrogen) atoms. The fourth-order valence-electron chi connectivity index (χ4n) is 1.63. The standard InChI is InChI=1S/C13H25NO3/c1-10(2)14(8-6-7-12(16)17)11(15)9-13(3,4)5/h10H,6-9H2,1-5H3,(H,16,17). The molecule has 100 valence electrons. The highest BCUT2D eigenvalue weighted by Crippen LogP contribution is 2.20. The van der Waals surface area contributed by atoms with Gasteiger partial charge in [0.1, 0.15) is 0 Å². The summed E-state index contributed by atoms with van der Waals surface area (Å²) >= 11 is 0. The number of carbonyl (C=O) groups excluding carboxylic acids is 1. The zero-order chi connectivity index (χ0) is 13.6. The van der Waals surface area contributed by atoms with Gasteiger partial charge in [0, 0.05) is 25.4 Å². The monoisotopic (exact) mass is 243 g/mol. The van der Waals surface area contributed by atoms with Gasteiger partial charge in [-0.25, -0.2) is 0 Å². The molecule has 0 unspecified atom stereocenters. The first kappa shape index (κ1) is 15.9. The predicted octanol–water partition coefficient (Wildman–Crippen LogP) is 2.52. The van der Waals surface area contributed by atoms with Crippen molar-refractivity contribution in [3.05, 3.63) is 0 Å². The molecule has 0 aromatic rings. The number of nitrogens with zero attached hydrogens (tertiary/aromatic N) is 1. The van der Waals surface area contributed by atoms with Crippen LogP contribution in [0.5, 0.6) is 0 Å². The average Bonchev–Trinajstić information content (AvgIpc) is 2.07. The van der Waals surface area contributed by atoms with Crippen LogP contribution in [0, 0.1) is 5.41 Å². The van der Waals surface area contributed by atoms with Crippen LogP contribution < -0.4 is 0 Å². The van der Waals surface area contributed by atoms with Gasteiger partial charge >= 0.3 is 5.97 Å². The minimum atomic E-state index is -0.808. The summed E-state index contributed by atoms with van der Waals surface area (Å²) in [6.45, 7) is 10.5. The van der Waals surface area contributed by atoms with E-state index in [4.69, 9.17) is 5.11 Å². The summed E-state index contributed by atoms with van der Waals surface area (Å²) in [7, 11) is 0. The number of amides is 1. The van der Waals surface area contributed by atoms with Gasteiger partial charge in [0.2, 0.25) is 5.91 Å². The van der Waals surface area contributed by atoms with E-state index in [0.29, 0.717) is 19.4 Å². The molecule has 0 saturated heterocycles. The number of carboxylic acid groups (broad SMARTS) is 1. The predicted molar refractivity (Wildman–Crippen MR) is 67.8 cm³/mol. The van der Waals surface area contributed by atoms with Crippen LogP contribution in [0.1, 0.15) is 53.9 Å². The fraction of sp³-hybridized carbons (Fsp3) is 0.846. The molecule has 0 aliphatic carbocycles. The van der Waals surface area contributed by atoms with Crippen molar-refractivity contribution in [2.24, 2.45) is 5.41 Å². The van der Waals surface area contributed by atoms with E-state index in [-0.39, 0.29) is 23.8 Å². The summed E-state index contributed by atoms with van der Waals surface area (Å²) in [5.41, 5.74) is -0.0307. The first-order chi connectivity index (χ1) is 7.63. The third-order valence-electron chi connectivity index (χ3n) is 2.41. The molecular weight excluding hydrogens is 218 g/mol. The van der Waals surface area contributed by atoms with E-state index in [1.807, 2.05) is 34.6 Å². The average molecular weight is 243 g/mol. The number of hydrogen-bond acceptors (Lipinski definition) is 2. The summed E-state index contributed by atoms with van der Waals surface area (Å²) in [6.07, 6.45) is 1.13. The quantitative estimate of drug-likeness (QED) is 0.780. The van der Waals surface area contributed by atoms with Crippen molar-refractivity contribution >= 4 is 11.9 Å². The van der Waals surface area contributed by atoms with Gasteiger partial charge in [-0.05, 0) is 25.7 Å². The molecule has 0 bridgehead atoms. The van der Waals surface area contributed by atoms with E-state index in [0.717, 1.165) is 0 Å². The van der Waals surface area contributed by atoms with Gasteiger partial charge in [-0.2, -0.15) is 0 Å². The lowest BCUT2D eigenvalue weighted by molar-refractivity contribution is -0.139. The van der Waals surface area contributed by atoms with Crippen LogP contribution in [-0.2, 0) is 9.59 Å². The molecule has 0 heterocycles. The molecule has 0 aliphatic heterocycles. The number of aliphatic carboxylic acids is 1. The van der Waals surface area contributed by atoms with Crippen molar-refractivity contribution in [2.45, 2.75) is 59.9 Å². The molecule has 0 rings (SSSR count). The molecule has 0 aliphatic rings. The van der Waals surface area contributed by atoms with Gasteiger partial charge in [-0.15, -0.1) is 0 Å². The normalized spacial score (nSPS) is 11.6. The highest BCUT2D eigenvalue weighted by molar-refractivity contribution is 5.77. The maximum Gasteiger partial charge on any atom is 0.303 e. The molecular formula is C13H25NO3. The van der Waals surface area contributed by atoms with Crippen LogP contribution in [0.25, 0.3) is 0 Å². The lowest BCUT2D eigenvalue weighted by Crippen LogP contribution is -2.39. The van der Waals surface area contributed by atoms with Gasteiger partial charge in [-0.1, -0.05) is 20.8 Å². The number of carboxylic acids is 1. The summed E-state index contributed by atoms with van der Waals surface area (Å²) in [6, 6.07) is 0.124. The van der Waals surface area contributed by atoms with Gasteiger partial charge < -0.3 is 10.0 Å². The van der Waals surface area contributed by atoms with Crippen molar-refractivity contribution in [2.75, 3.05) is 6.54 Å². The molecule has 0 aromatic heterocycles. The van der Waals surface area contributed by atoms with Crippen molar-refractivity contribution in [1.82, 2.24) is 4.90 Å². The number of rotatable bonds is 6. The molecule has 0 atom stereocenters. The first-order valence-electron chi connectivity index (χ1n) is 6.15. The topological polar surface area (TPSA) is 57.6 Å². The molecule has 1 N–H and O–H groups in total. The highest BCUT2D eigenvalue weighted by Gasteiger charge is 2.22. The fourth-order valence-corrected chi connectivity index (χ4v) is 1.63. The Morgan fingerprint density at radius 1 is 1.24 bits per heavy atom. The van der Waals surface area contributed by atoms with Crippen molar-refractivity contribution in [3.63, 3.8) is 0 Å². The Balaban J connectivity index is 4.32. The zero-order valence-electron chi connectivity index (χ0n) is 11.6. The molecule has 1 amide bonds. The minimum absolute atomic E-state index is 0.0307. The van der Waals surface area contributed by atoms with Gasteiger partial charge in [0.15, 0.2) is 0 Å². The SMILES string of the molecule is CC(C)N(CCCC(=O)O)C(=O)CC(C)(C)C. The Hall–Kier alpha value is -1.06. The molecule has 0 fully saturated rings. The van der Waals surface area contributed by atoms with Crippen molar-refractivity contribution < 1.29 is 14.7 Å². The van der Waals surface area contributed by atoms with Crippen LogP contribution in [0.15, 0.2) is 0 Å². The lowest BCUT2D eigenvalue weighted by Gasteiger charge is -2.29. The van der Waals surface area contributed by atoms with E-state index < -0.39 is 5.97 Å². The molecule has 0 spiro atoms. The van der Waals surface area contributed by atoms with Crippen LogP contribution in [0.3, 0.4) is 0 Å². The minimum Gasteiger partial charge on any atom is -0.481 e. The Kier molecular flexibility index (Phi) is 6.21. The van der Waals surface area contributed by atoms with E-state index in [1.165, 1.54) is 0 Å². The lowest BCUT2D eigenvalue weighted by atomic mass is 9.91. The molecule has 4 heteroatoms. The smallest absolute Gasteiger partial charge is 0.303 e. The Labute approximate surface area is 104 Å². The van der Waals surface area contributed by atoms with Gasteiger partial charge in [0.05, 0.1) is 0 Å². The second-order valence-corrected chi connectivity index (χ2v) is 5.92. The number of carbonyl (C=O) groups is 2. The van der Waals surface area contributed by atoms with E-state index >= 15 is 0 Å². The summed E-state index contributed by atoms with van der Waals surface area (Å²) in [5, 5.41) is 8.59. The largest absolute Gasteiger partial charge is 0.481 e. The van der Waals surface area contributed by atoms with E-state index in [1.54, 1.807) is 4.90 Å². The maximum atomic E-state index is 12.1. The number of hydrogen-bond donors (Lipinski definition) is 1. The van der Waals surface area contributed by atoms with E-state index in [2.05, 4.69) is 0 Å². The second-order valence-electron chi connectivity index (χ2n) is 5.92. The first-order valence-corrected chi connectivity index (χ1v) is 6.15. The van der Waals surface area contributed by atoms with E-state index in [9.17, 15) is 9.59 Å². The zero-order valence-corrected chi connectivity index (χ0v) is 11.6. The van der Waals surface area contributed by atoms with Crippen LogP contribution in [0.4, 0.5) is 0 Å². The Bertz CT molecular complexity index is 266. The summed E-state index contributed by atoms with van der Waals surface area (Å²) in [5.74, 6) is -0.699. The van der Waals surface area contributed by atoms with Gasteiger partial charge in [0.25, 0.3) is 0 Å². The van der Waals surface area contributed by atoms with Crippen LogP contribution >= 0.6 is 0 Å². The Morgan fingerprint density at radius 2 is 1.76 bits per heavy atom. The van der Waals surface area contributed by atoms with Gasteiger partial charge in [-0.3, -0.25) is 9.59 Å². The van der Waals surface area contributed by atoms with Crippen molar-refractivity contribution in [1.29, 1.82) is 0 Å². The molecule has 0 aromatic carbocycles. The molecule has 0 saturated carbocycles. The third-order valence-corrected chi connectivity index (χ3v) is 2.41. The summed E-state index contributed by atoms with van der Waals surface area (Å²) < 4.78 is 0. The summed E-state index contributed by atoms with van der Waals surface area (Å²) in [4.78, 5) is 24.3. The maximum absolute atomic E-state index is 12.1. The van der Waals surface area contributed by atoms with Crippen LogP contribution in [0.2, 0.25) is 0 Å². The van der Waals surface area contributed by atoms with Crippen molar-refractivity contribution in [3.8, 4) is 0 Å². The third kappa shape index (κ3) is 7.77. The molecule has 4 nitrogen and oxygen atoms in total. The Morgan fingerprint density at radius 3 is 2.12 bits per heavy atom.